The van der Waals surface area contributed by atoms with Crippen LogP contribution in [0.2, 0.25) is 19.6 Å². The zero-order chi connectivity index (χ0) is 13.5. The van der Waals surface area contributed by atoms with Crippen molar-refractivity contribution in [3.05, 3.63) is 29.8 Å². The molecule has 2 unspecified atom stereocenters. The van der Waals surface area contributed by atoms with Crippen molar-refractivity contribution in [1.82, 2.24) is 4.90 Å². The van der Waals surface area contributed by atoms with Crippen LogP contribution in [0.1, 0.15) is 18.4 Å². The van der Waals surface area contributed by atoms with E-state index >= 15 is 0 Å². The van der Waals surface area contributed by atoms with Crippen LogP contribution in [0.3, 0.4) is 0 Å². The first-order valence-electron chi connectivity index (χ1n) is 7.48. The van der Waals surface area contributed by atoms with Gasteiger partial charge in [0.2, 0.25) is 0 Å². The van der Waals surface area contributed by atoms with Gasteiger partial charge in [-0.3, -0.25) is 4.90 Å². The first kappa shape index (κ1) is 13.3. The largest absolute Gasteiger partial charge is 0.372 e. The van der Waals surface area contributed by atoms with Crippen LogP contribution in [0.4, 0.5) is 0 Å². The third kappa shape index (κ3) is 3.10. The van der Waals surface area contributed by atoms with Gasteiger partial charge in [-0.25, -0.2) is 0 Å². The van der Waals surface area contributed by atoms with E-state index in [1.807, 2.05) is 0 Å². The van der Waals surface area contributed by atoms with E-state index in [2.05, 4.69) is 48.8 Å². The van der Waals surface area contributed by atoms with Crippen molar-refractivity contribution < 1.29 is 4.74 Å². The number of hydrogen-bond donors (Lipinski definition) is 0. The summed E-state index contributed by atoms with van der Waals surface area (Å²) in [5.41, 5.74) is 1.45. The summed E-state index contributed by atoms with van der Waals surface area (Å²) in [6.07, 6.45) is 3.52. The molecule has 0 radical (unpaired) electrons. The molecule has 0 aromatic heterocycles. The van der Waals surface area contributed by atoms with Gasteiger partial charge >= 0.3 is 0 Å². The molecule has 104 valence electrons. The average molecular weight is 275 g/mol. The van der Waals surface area contributed by atoms with Gasteiger partial charge in [0.05, 0.1) is 20.3 Å². The number of rotatable bonds is 3. The lowest BCUT2D eigenvalue weighted by atomic mass is 10.2. The highest BCUT2D eigenvalue weighted by atomic mass is 28.3. The minimum absolute atomic E-state index is 0.500. The normalized spacial score (nSPS) is 27.7. The molecule has 1 aromatic rings. The highest BCUT2D eigenvalue weighted by Crippen LogP contribution is 2.27. The summed E-state index contributed by atoms with van der Waals surface area (Å²) in [5.74, 6) is 0. The number of benzene rings is 1. The van der Waals surface area contributed by atoms with Crippen molar-refractivity contribution in [3.63, 3.8) is 0 Å². The van der Waals surface area contributed by atoms with Crippen molar-refractivity contribution in [1.29, 1.82) is 0 Å². The van der Waals surface area contributed by atoms with E-state index in [0.29, 0.717) is 12.2 Å². The molecule has 2 fully saturated rings. The Balaban J connectivity index is 1.64. The predicted octanol–water partition coefficient (Wildman–Crippen LogP) is 2.60. The van der Waals surface area contributed by atoms with Crippen molar-refractivity contribution >= 4 is 13.3 Å². The first-order chi connectivity index (χ1) is 9.00. The minimum atomic E-state index is -1.15. The number of hydrogen-bond acceptors (Lipinski definition) is 2. The maximum absolute atomic E-state index is 5.89. The van der Waals surface area contributed by atoms with Gasteiger partial charge in [-0.1, -0.05) is 49.1 Å². The Labute approximate surface area is 117 Å². The molecule has 19 heavy (non-hydrogen) atoms. The molecule has 3 rings (SSSR count). The van der Waals surface area contributed by atoms with E-state index in [1.54, 1.807) is 5.19 Å². The molecule has 0 aliphatic carbocycles. The summed E-state index contributed by atoms with van der Waals surface area (Å²) in [6, 6.07) is 9.34. The Kier molecular flexibility index (Phi) is 3.54. The molecular weight excluding hydrogens is 250 g/mol. The summed E-state index contributed by atoms with van der Waals surface area (Å²) in [5, 5.41) is 1.55. The maximum Gasteiger partial charge on any atom is 0.0775 e. The van der Waals surface area contributed by atoms with Crippen LogP contribution in [0.25, 0.3) is 0 Å². The highest BCUT2D eigenvalue weighted by molar-refractivity contribution is 6.88. The molecule has 0 amide bonds. The lowest BCUT2D eigenvalue weighted by molar-refractivity contribution is -0.0410. The molecule has 2 nitrogen and oxygen atoms in total. The summed E-state index contributed by atoms with van der Waals surface area (Å²) < 4.78 is 5.89. The number of fused-ring (bicyclic) bond motifs is 2. The van der Waals surface area contributed by atoms with E-state index in [0.717, 1.165) is 19.6 Å². The van der Waals surface area contributed by atoms with E-state index in [4.69, 9.17) is 4.74 Å². The standard InChI is InChI=1S/C16H25NOSi/c1-19(2,3)16-8-4-13(5-9-16)10-17-11-14-6-7-15(12-17)18-14/h4-5,8-9,14-15H,6-7,10-12H2,1-3H3. The van der Waals surface area contributed by atoms with E-state index < -0.39 is 8.07 Å². The van der Waals surface area contributed by atoms with Crippen LogP contribution in [-0.2, 0) is 11.3 Å². The molecule has 3 heteroatoms. The van der Waals surface area contributed by atoms with Crippen LogP contribution in [0.5, 0.6) is 0 Å². The van der Waals surface area contributed by atoms with Crippen molar-refractivity contribution in [3.8, 4) is 0 Å². The fourth-order valence-corrected chi connectivity index (χ4v) is 4.36. The number of ether oxygens (including phenoxy) is 1. The molecule has 0 saturated carbocycles. The zero-order valence-corrected chi connectivity index (χ0v) is 13.4. The van der Waals surface area contributed by atoms with Gasteiger partial charge in [0.15, 0.2) is 0 Å². The topological polar surface area (TPSA) is 12.5 Å². The summed E-state index contributed by atoms with van der Waals surface area (Å²) in [6.45, 7) is 10.5. The van der Waals surface area contributed by atoms with Crippen LogP contribution in [-0.4, -0.2) is 38.3 Å². The molecule has 2 heterocycles. The average Bonchev–Trinajstić information content (AvgIpc) is 2.68. The Morgan fingerprint density at radius 1 is 1.05 bits per heavy atom. The van der Waals surface area contributed by atoms with Crippen LogP contribution in [0, 0.1) is 0 Å². The third-order valence-electron chi connectivity index (χ3n) is 4.35. The van der Waals surface area contributed by atoms with Crippen molar-refractivity contribution in [2.45, 2.75) is 51.2 Å². The van der Waals surface area contributed by atoms with Gasteiger partial charge in [-0.15, -0.1) is 0 Å². The van der Waals surface area contributed by atoms with Crippen LogP contribution < -0.4 is 5.19 Å². The fourth-order valence-electron chi connectivity index (χ4n) is 3.20. The second kappa shape index (κ2) is 5.04. The quantitative estimate of drug-likeness (QED) is 0.786. The van der Waals surface area contributed by atoms with Gasteiger partial charge < -0.3 is 4.74 Å². The van der Waals surface area contributed by atoms with Gasteiger partial charge in [-0.05, 0) is 18.4 Å². The number of likely N-dealkylation sites (tertiary alicyclic amines) is 1. The Morgan fingerprint density at radius 3 is 2.16 bits per heavy atom. The Morgan fingerprint density at radius 2 is 1.63 bits per heavy atom. The molecular formula is C16H25NOSi. The first-order valence-corrected chi connectivity index (χ1v) is 11.0. The van der Waals surface area contributed by atoms with Crippen LogP contribution >= 0.6 is 0 Å². The Bertz CT molecular complexity index is 425. The fraction of sp³-hybridized carbons (Fsp3) is 0.625. The van der Waals surface area contributed by atoms with Crippen LogP contribution in [0.15, 0.2) is 24.3 Å². The number of nitrogens with zero attached hydrogens (tertiary/aromatic N) is 1. The number of morpholine rings is 1. The van der Waals surface area contributed by atoms with Gasteiger partial charge in [0.1, 0.15) is 0 Å². The maximum atomic E-state index is 5.89. The molecule has 2 saturated heterocycles. The monoisotopic (exact) mass is 275 g/mol. The summed E-state index contributed by atoms with van der Waals surface area (Å²) in [4.78, 5) is 2.56. The Hall–Kier alpha value is -0.643. The molecule has 2 aliphatic rings. The lowest BCUT2D eigenvalue weighted by Crippen LogP contribution is -2.42. The van der Waals surface area contributed by atoms with E-state index in [9.17, 15) is 0 Å². The second-order valence-electron chi connectivity index (χ2n) is 7.10. The van der Waals surface area contributed by atoms with Crippen molar-refractivity contribution in [2.75, 3.05) is 13.1 Å². The molecule has 0 N–H and O–H groups in total. The second-order valence-corrected chi connectivity index (χ2v) is 12.2. The minimum Gasteiger partial charge on any atom is -0.372 e. The molecule has 2 bridgehead atoms. The SMILES string of the molecule is C[Si](C)(C)c1ccc(CN2CC3CCC(C2)O3)cc1. The van der Waals surface area contributed by atoms with E-state index in [1.165, 1.54) is 18.4 Å². The molecule has 2 atom stereocenters. The third-order valence-corrected chi connectivity index (χ3v) is 6.41. The van der Waals surface area contributed by atoms with Gasteiger partial charge in [0.25, 0.3) is 0 Å². The zero-order valence-electron chi connectivity index (χ0n) is 12.4. The predicted molar refractivity (Wildman–Crippen MR) is 82.6 cm³/mol. The molecule has 1 aromatic carbocycles. The summed E-state index contributed by atoms with van der Waals surface area (Å²) in [7, 11) is -1.15. The molecule has 2 aliphatic heterocycles. The summed E-state index contributed by atoms with van der Waals surface area (Å²) >= 11 is 0. The van der Waals surface area contributed by atoms with Gasteiger partial charge in [-0.2, -0.15) is 0 Å². The lowest BCUT2D eigenvalue weighted by Gasteiger charge is -2.32. The highest BCUT2D eigenvalue weighted by Gasteiger charge is 2.33. The van der Waals surface area contributed by atoms with Crippen molar-refractivity contribution in [2.24, 2.45) is 0 Å². The smallest absolute Gasteiger partial charge is 0.0775 e. The van der Waals surface area contributed by atoms with Gasteiger partial charge in [0, 0.05) is 19.6 Å². The molecule has 0 spiro atoms. The van der Waals surface area contributed by atoms with E-state index in [-0.39, 0.29) is 0 Å².